The molecule has 0 fully saturated rings. The van der Waals surface area contributed by atoms with E-state index >= 15 is 0 Å². The molecule has 5 nitrogen and oxygen atoms in total. The molecule has 0 saturated heterocycles. The van der Waals surface area contributed by atoms with Crippen LogP contribution in [-0.2, 0) is 9.53 Å². The molecule has 2 amide bonds. The minimum atomic E-state index is -0.683. The lowest BCUT2D eigenvalue weighted by atomic mass is 9.92. The predicted molar refractivity (Wildman–Crippen MR) is 98.2 cm³/mol. The Hall–Kier alpha value is -3.08. The Morgan fingerprint density at radius 1 is 1.12 bits per heavy atom. The smallest absolute Gasteiger partial charge is 0.421 e. The summed E-state index contributed by atoms with van der Waals surface area (Å²) in [5.74, 6) is -0.875. The van der Waals surface area contributed by atoms with Gasteiger partial charge >= 0.3 is 6.09 Å². The average Bonchev–Trinajstić information content (AvgIpc) is 3.13. The molecule has 3 aromatic rings. The molecule has 4 rings (SSSR count). The molecule has 0 bridgehead atoms. The highest BCUT2D eigenvalue weighted by Gasteiger charge is 2.43. The van der Waals surface area contributed by atoms with E-state index in [0.29, 0.717) is 11.3 Å². The average molecular weight is 349 g/mol. The Morgan fingerprint density at radius 3 is 2.65 bits per heavy atom. The van der Waals surface area contributed by atoms with E-state index in [-0.39, 0.29) is 5.91 Å². The molecule has 5 heteroatoms. The Labute approximate surface area is 151 Å². The number of benzene rings is 2. The fourth-order valence-electron chi connectivity index (χ4n) is 3.29. The SMILES string of the molecule is CC(C)(C)OC(=O)N1C(=O)C(c2ccc3ccoc3c2)c2ccccc21. The van der Waals surface area contributed by atoms with Crippen LogP contribution in [0.4, 0.5) is 10.5 Å². The van der Waals surface area contributed by atoms with E-state index in [1.54, 1.807) is 33.1 Å². The second kappa shape index (κ2) is 5.73. The molecule has 1 aliphatic heterocycles. The number of imide groups is 1. The lowest BCUT2D eigenvalue weighted by Crippen LogP contribution is -2.39. The maximum Gasteiger partial charge on any atom is 0.421 e. The van der Waals surface area contributed by atoms with Crippen LogP contribution in [-0.4, -0.2) is 17.6 Å². The van der Waals surface area contributed by atoms with Gasteiger partial charge in [-0.05, 0) is 50.1 Å². The van der Waals surface area contributed by atoms with Gasteiger partial charge in [0.1, 0.15) is 11.2 Å². The summed E-state index contributed by atoms with van der Waals surface area (Å²) in [5.41, 5.74) is 2.17. The van der Waals surface area contributed by atoms with Crippen molar-refractivity contribution in [3.8, 4) is 0 Å². The third-order valence-corrected chi connectivity index (χ3v) is 4.35. The number of carbonyl (C=O) groups is 2. The first-order valence-corrected chi connectivity index (χ1v) is 8.48. The summed E-state index contributed by atoms with van der Waals surface area (Å²) >= 11 is 0. The lowest BCUT2D eigenvalue weighted by Gasteiger charge is -2.24. The molecule has 0 saturated carbocycles. The van der Waals surface area contributed by atoms with E-state index < -0.39 is 17.6 Å². The number of rotatable bonds is 1. The summed E-state index contributed by atoms with van der Waals surface area (Å²) in [4.78, 5) is 26.9. The van der Waals surface area contributed by atoms with Gasteiger partial charge in [-0.15, -0.1) is 0 Å². The first-order valence-electron chi connectivity index (χ1n) is 8.48. The molecule has 0 aliphatic carbocycles. The van der Waals surface area contributed by atoms with Crippen LogP contribution in [0.5, 0.6) is 0 Å². The third kappa shape index (κ3) is 2.65. The second-order valence-corrected chi connectivity index (χ2v) is 7.36. The molecular weight excluding hydrogens is 330 g/mol. The molecule has 1 aliphatic rings. The number of hydrogen-bond donors (Lipinski definition) is 0. The van der Waals surface area contributed by atoms with Crippen molar-refractivity contribution < 1.29 is 18.7 Å². The van der Waals surface area contributed by atoms with Crippen LogP contribution >= 0.6 is 0 Å². The van der Waals surface area contributed by atoms with Gasteiger partial charge in [-0.3, -0.25) is 4.79 Å². The van der Waals surface area contributed by atoms with E-state index in [9.17, 15) is 9.59 Å². The number of fused-ring (bicyclic) bond motifs is 2. The maximum absolute atomic E-state index is 13.2. The van der Waals surface area contributed by atoms with Crippen molar-refractivity contribution in [3.05, 3.63) is 65.9 Å². The Morgan fingerprint density at radius 2 is 1.88 bits per heavy atom. The summed E-state index contributed by atoms with van der Waals surface area (Å²) in [5, 5.41) is 0.969. The number of furan rings is 1. The van der Waals surface area contributed by atoms with Gasteiger partial charge in [0.25, 0.3) is 0 Å². The highest BCUT2D eigenvalue weighted by Crippen LogP contribution is 2.42. The number of nitrogens with zero attached hydrogens (tertiary/aromatic N) is 1. The molecule has 26 heavy (non-hydrogen) atoms. The van der Waals surface area contributed by atoms with Gasteiger partial charge in [-0.1, -0.05) is 30.3 Å². The fourth-order valence-corrected chi connectivity index (χ4v) is 3.29. The number of amides is 2. The normalized spacial score (nSPS) is 16.8. The summed E-state index contributed by atoms with van der Waals surface area (Å²) in [6, 6.07) is 14.8. The monoisotopic (exact) mass is 349 g/mol. The molecular formula is C21H19NO4. The summed E-state index contributed by atoms with van der Waals surface area (Å²) in [6.07, 6.45) is 0.961. The van der Waals surface area contributed by atoms with Crippen LogP contribution in [0, 0.1) is 0 Å². The molecule has 1 aromatic heterocycles. The molecule has 2 aromatic carbocycles. The quantitative estimate of drug-likeness (QED) is 0.630. The van der Waals surface area contributed by atoms with Crippen molar-refractivity contribution in [2.45, 2.75) is 32.3 Å². The van der Waals surface area contributed by atoms with Crippen LogP contribution in [0.15, 0.2) is 59.2 Å². The molecule has 1 unspecified atom stereocenters. The standard InChI is InChI=1S/C21H19NO4/c1-21(2,3)26-20(24)22-16-7-5-4-6-15(16)18(19(22)23)14-9-8-13-10-11-25-17(13)12-14/h4-12,18H,1-3H3. The van der Waals surface area contributed by atoms with Crippen LogP contribution in [0.2, 0.25) is 0 Å². The van der Waals surface area contributed by atoms with Gasteiger partial charge in [-0.2, -0.15) is 0 Å². The van der Waals surface area contributed by atoms with E-state index in [2.05, 4.69) is 0 Å². The molecule has 0 N–H and O–H groups in total. The first kappa shape index (κ1) is 16.4. The highest BCUT2D eigenvalue weighted by molar-refractivity contribution is 6.20. The molecule has 2 heterocycles. The zero-order valence-electron chi connectivity index (χ0n) is 14.9. The predicted octanol–water partition coefficient (Wildman–Crippen LogP) is 4.85. The van der Waals surface area contributed by atoms with E-state index in [1.165, 1.54) is 0 Å². The van der Waals surface area contributed by atoms with Gasteiger partial charge < -0.3 is 9.15 Å². The van der Waals surface area contributed by atoms with Gasteiger partial charge in [0.2, 0.25) is 5.91 Å². The lowest BCUT2D eigenvalue weighted by molar-refractivity contribution is -0.118. The minimum absolute atomic E-state index is 0.314. The van der Waals surface area contributed by atoms with E-state index in [0.717, 1.165) is 21.4 Å². The van der Waals surface area contributed by atoms with Gasteiger partial charge in [0.15, 0.2) is 0 Å². The first-order chi connectivity index (χ1) is 12.3. The van der Waals surface area contributed by atoms with Gasteiger partial charge in [0, 0.05) is 5.39 Å². The zero-order valence-corrected chi connectivity index (χ0v) is 14.9. The summed E-state index contributed by atoms with van der Waals surface area (Å²) in [7, 11) is 0. The second-order valence-electron chi connectivity index (χ2n) is 7.36. The highest BCUT2D eigenvalue weighted by atomic mass is 16.6. The van der Waals surface area contributed by atoms with Crippen LogP contribution in [0.1, 0.15) is 37.8 Å². The van der Waals surface area contributed by atoms with Crippen molar-refractivity contribution in [1.29, 1.82) is 0 Å². The van der Waals surface area contributed by atoms with Crippen LogP contribution in [0.3, 0.4) is 0 Å². The molecule has 132 valence electrons. The fraction of sp³-hybridized carbons (Fsp3) is 0.238. The van der Waals surface area contributed by atoms with Crippen molar-refractivity contribution in [1.82, 2.24) is 0 Å². The van der Waals surface area contributed by atoms with Crippen molar-refractivity contribution >= 4 is 28.7 Å². The van der Waals surface area contributed by atoms with Gasteiger partial charge in [-0.25, -0.2) is 9.69 Å². The van der Waals surface area contributed by atoms with Gasteiger partial charge in [0.05, 0.1) is 17.9 Å². The zero-order chi connectivity index (χ0) is 18.5. The van der Waals surface area contributed by atoms with Crippen molar-refractivity contribution in [2.24, 2.45) is 0 Å². The Balaban J connectivity index is 1.79. The number of para-hydroxylation sites is 1. The molecule has 0 spiro atoms. The molecule has 1 atom stereocenters. The third-order valence-electron chi connectivity index (χ3n) is 4.35. The summed E-state index contributed by atoms with van der Waals surface area (Å²) < 4.78 is 10.9. The summed E-state index contributed by atoms with van der Waals surface area (Å²) in [6.45, 7) is 5.33. The number of carbonyl (C=O) groups excluding carboxylic acids is 2. The Bertz CT molecular complexity index is 1010. The van der Waals surface area contributed by atoms with Crippen molar-refractivity contribution in [3.63, 3.8) is 0 Å². The van der Waals surface area contributed by atoms with Crippen LogP contribution < -0.4 is 4.90 Å². The van der Waals surface area contributed by atoms with Crippen molar-refractivity contribution in [2.75, 3.05) is 4.90 Å². The van der Waals surface area contributed by atoms with E-state index in [4.69, 9.17) is 9.15 Å². The number of hydrogen-bond acceptors (Lipinski definition) is 4. The number of ether oxygens (including phenoxy) is 1. The largest absolute Gasteiger partial charge is 0.464 e. The minimum Gasteiger partial charge on any atom is -0.464 e. The number of anilines is 1. The van der Waals surface area contributed by atoms with Crippen LogP contribution in [0.25, 0.3) is 11.0 Å². The van der Waals surface area contributed by atoms with E-state index in [1.807, 2.05) is 42.5 Å². The maximum atomic E-state index is 13.2. The molecule has 0 radical (unpaired) electrons. The Kier molecular flexibility index (Phi) is 3.61. The topological polar surface area (TPSA) is 59.8 Å².